The molecule has 13 heteroatoms. The Balaban J connectivity index is 1.52. The standard InChI is InChI=1S/C22H21N7O5S/c1-14-2-3-15(10-20(14)29-13-23-26-27-29)24-22(31)18-12-21(30)25-19-5-4-16(11-17(18)19)35(32,33)28-6-8-34-9-7-28/h2-5,10-13H,6-9H2,1H3,(H,24,31)(H,25,30). The number of pyridine rings is 1. The second-order valence-electron chi connectivity index (χ2n) is 7.98. The minimum Gasteiger partial charge on any atom is -0.379 e. The van der Waals surface area contributed by atoms with Crippen molar-refractivity contribution < 1.29 is 17.9 Å². The number of morpholine rings is 1. The van der Waals surface area contributed by atoms with Crippen molar-refractivity contribution in [1.29, 1.82) is 0 Å². The molecule has 2 aromatic heterocycles. The minimum atomic E-state index is -3.79. The van der Waals surface area contributed by atoms with Crippen molar-refractivity contribution in [1.82, 2.24) is 29.5 Å². The normalized spacial score (nSPS) is 14.8. The first kappa shape index (κ1) is 22.8. The zero-order valence-corrected chi connectivity index (χ0v) is 19.4. The van der Waals surface area contributed by atoms with Gasteiger partial charge in [-0.15, -0.1) is 5.10 Å². The number of fused-ring (bicyclic) bond motifs is 1. The molecule has 0 unspecified atom stereocenters. The van der Waals surface area contributed by atoms with Gasteiger partial charge >= 0.3 is 0 Å². The molecule has 0 radical (unpaired) electrons. The number of rotatable bonds is 5. The van der Waals surface area contributed by atoms with Crippen molar-refractivity contribution in [3.05, 3.63) is 70.3 Å². The Morgan fingerprint density at radius 2 is 1.91 bits per heavy atom. The Morgan fingerprint density at radius 1 is 1.11 bits per heavy atom. The number of ether oxygens (including phenoxy) is 1. The summed E-state index contributed by atoms with van der Waals surface area (Å²) in [6.45, 7) is 3.00. The van der Waals surface area contributed by atoms with Crippen LogP contribution in [0.5, 0.6) is 0 Å². The Labute approximate surface area is 199 Å². The van der Waals surface area contributed by atoms with E-state index >= 15 is 0 Å². The van der Waals surface area contributed by atoms with E-state index in [1.54, 1.807) is 18.2 Å². The minimum absolute atomic E-state index is 0.0318. The van der Waals surface area contributed by atoms with Crippen LogP contribution in [0.1, 0.15) is 15.9 Å². The second kappa shape index (κ2) is 9.02. The van der Waals surface area contributed by atoms with Crippen LogP contribution < -0.4 is 10.9 Å². The Morgan fingerprint density at radius 3 is 2.66 bits per heavy atom. The summed E-state index contributed by atoms with van der Waals surface area (Å²) in [7, 11) is -3.79. The van der Waals surface area contributed by atoms with Crippen LogP contribution in [-0.4, -0.2) is 70.1 Å². The predicted molar refractivity (Wildman–Crippen MR) is 126 cm³/mol. The third kappa shape index (κ3) is 4.43. The number of H-pyrrole nitrogens is 1. The van der Waals surface area contributed by atoms with Crippen molar-refractivity contribution >= 4 is 32.5 Å². The second-order valence-corrected chi connectivity index (χ2v) is 9.92. The third-order valence-electron chi connectivity index (χ3n) is 5.73. The lowest BCUT2D eigenvalue weighted by atomic mass is 10.1. The lowest BCUT2D eigenvalue weighted by Gasteiger charge is -2.26. The number of carbonyl (C=O) groups is 1. The number of carbonyl (C=O) groups excluding carboxylic acids is 1. The smallest absolute Gasteiger partial charge is 0.256 e. The van der Waals surface area contributed by atoms with E-state index in [1.165, 1.54) is 33.5 Å². The summed E-state index contributed by atoms with van der Waals surface area (Å²) in [6, 6.07) is 10.7. The van der Waals surface area contributed by atoms with Gasteiger partial charge in [-0.25, -0.2) is 13.1 Å². The first-order chi connectivity index (χ1) is 16.8. The van der Waals surface area contributed by atoms with Crippen LogP contribution in [0.2, 0.25) is 0 Å². The van der Waals surface area contributed by atoms with Crippen LogP contribution >= 0.6 is 0 Å². The van der Waals surface area contributed by atoms with Crippen molar-refractivity contribution in [2.24, 2.45) is 0 Å². The topological polar surface area (TPSA) is 152 Å². The number of nitrogens with one attached hydrogen (secondary N) is 2. The van der Waals surface area contributed by atoms with Crippen LogP contribution in [0, 0.1) is 6.92 Å². The predicted octanol–water partition coefficient (Wildman–Crippen LogP) is 1.09. The van der Waals surface area contributed by atoms with Gasteiger partial charge in [-0.2, -0.15) is 4.31 Å². The van der Waals surface area contributed by atoms with E-state index in [2.05, 4.69) is 25.8 Å². The number of aromatic amines is 1. The number of aromatic nitrogens is 5. The average molecular weight is 496 g/mol. The van der Waals surface area contributed by atoms with Crippen molar-refractivity contribution in [3.8, 4) is 5.69 Å². The summed E-state index contributed by atoms with van der Waals surface area (Å²) in [4.78, 5) is 28.2. The highest BCUT2D eigenvalue weighted by Gasteiger charge is 2.27. The highest BCUT2D eigenvalue weighted by atomic mass is 32.2. The first-order valence-electron chi connectivity index (χ1n) is 10.7. The summed E-state index contributed by atoms with van der Waals surface area (Å²) >= 11 is 0. The van der Waals surface area contributed by atoms with Crippen molar-refractivity contribution in [2.75, 3.05) is 31.6 Å². The fraction of sp³-hybridized carbons (Fsp3) is 0.227. The van der Waals surface area contributed by atoms with Gasteiger partial charge in [0.25, 0.3) is 5.91 Å². The molecule has 1 aliphatic rings. The van der Waals surface area contributed by atoms with Crippen LogP contribution in [0.4, 0.5) is 5.69 Å². The fourth-order valence-corrected chi connectivity index (χ4v) is 5.36. The molecule has 2 aromatic carbocycles. The molecular weight excluding hydrogens is 474 g/mol. The molecule has 5 rings (SSSR count). The van der Waals surface area contributed by atoms with E-state index in [9.17, 15) is 18.0 Å². The van der Waals surface area contributed by atoms with Gasteiger partial charge in [-0.3, -0.25) is 9.59 Å². The molecule has 4 aromatic rings. The lowest BCUT2D eigenvalue weighted by molar-refractivity contribution is 0.0730. The molecule has 1 fully saturated rings. The maximum Gasteiger partial charge on any atom is 0.256 e. The zero-order chi connectivity index (χ0) is 24.6. The van der Waals surface area contributed by atoms with Gasteiger partial charge in [0.15, 0.2) is 0 Å². The molecule has 0 saturated carbocycles. The molecule has 1 saturated heterocycles. The van der Waals surface area contributed by atoms with Crippen LogP contribution in [0.25, 0.3) is 16.6 Å². The quantitative estimate of drug-likeness (QED) is 0.417. The maximum absolute atomic E-state index is 13.2. The largest absolute Gasteiger partial charge is 0.379 e. The summed E-state index contributed by atoms with van der Waals surface area (Å²) in [5.74, 6) is -0.562. The summed E-state index contributed by atoms with van der Waals surface area (Å²) in [5.41, 5.74) is 1.92. The van der Waals surface area contributed by atoms with Gasteiger partial charge in [0.05, 0.1) is 29.4 Å². The Hall–Kier alpha value is -3.94. The molecule has 0 aliphatic carbocycles. The SMILES string of the molecule is Cc1ccc(NC(=O)c2cc(=O)[nH]c3ccc(S(=O)(=O)N4CCOCC4)cc23)cc1-n1cnnn1. The van der Waals surface area contributed by atoms with Crippen LogP contribution in [-0.2, 0) is 14.8 Å². The number of hydrogen-bond donors (Lipinski definition) is 2. The van der Waals surface area contributed by atoms with Gasteiger partial charge in [0, 0.05) is 35.7 Å². The number of tetrazole rings is 1. The molecule has 12 nitrogen and oxygen atoms in total. The molecule has 0 bridgehead atoms. The molecular formula is C22H21N7O5S. The van der Waals surface area contributed by atoms with Crippen LogP contribution in [0.15, 0.2) is 58.5 Å². The molecule has 2 N–H and O–H groups in total. The van der Waals surface area contributed by atoms with Gasteiger partial charge in [0.1, 0.15) is 6.33 Å². The molecule has 0 spiro atoms. The van der Waals surface area contributed by atoms with Crippen molar-refractivity contribution in [3.63, 3.8) is 0 Å². The Kier molecular flexibility index (Phi) is 5.88. The maximum atomic E-state index is 13.2. The van der Waals surface area contributed by atoms with Crippen molar-refractivity contribution in [2.45, 2.75) is 11.8 Å². The molecule has 0 atom stereocenters. The van der Waals surface area contributed by atoms with E-state index in [0.717, 1.165) is 11.6 Å². The Bertz CT molecular complexity index is 1580. The molecule has 3 heterocycles. The van der Waals surface area contributed by atoms with Gasteiger partial charge in [-0.05, 0) is 53.2 Å². The lowest BCUT2D eigenvalue weighted by Crippen LogP contribution is -2.40. The molecule has 35 heavy (non-hydrogen) atoms. The number of sulfonamides is 1. The monoisotopic (exact) mass is 495 g/mol. The average Bonchev–Trinajstić information content (AvgIpc) is 3.39. The zero-order valence-electron chi connectivity index (χ0n) is 18.6. The summed E-state index contributed by atoms with van der Waals surface area (Å²) in [5, 5.41) is 14.2. The first-order valence-corrected chi connectivity index (χ1v) is 12.2. The number of hydrogen-bond acceptors (Lipinski definition) is 8. The van der Waals surface area contributed by atoms with E-state index < -0.39 is 21.5 Å². The van der Waals surface area contributed by atoms with Crippen LogP contribution in [0.3, 0.4) is 0 Å². The van der Waals surface area contributed by atoms with Gasteiger partial charge in [-0.1, -0.05) is 6.07 Å². The number of benzene rings is 2. The van der Waals surface area contributed by atoms with Gasteiger partial charge < -0.3 is 15.0 Å². The number of aryl methyl sites for hydroxylation is 1. The van der Waals surface area contributed by atoms with Gasteiger partial charge in [0.2, 0.25) is 15.6 Å². The number of anilines is 1. The molecule has 1 amide bonds. The summed E-state index contributed by atoms with van der Waals surface area (Å²) < 4.78 is 34.3. The summed E-state index contributed by atoms with van der Waals surface area (Å²) in [6.07, 6.45) is 1.44. The van der Waals surface area contributed by atoms with E-state index in [0.29, 0.717) is 35.5 Å². The number of nitrogens with zero attached hydrogens (tertiary/aromatic N) is 5. The highest BCUT2D eigenvalue weighted by molar-refractivity contribution is 7.89. The van der Waals surface area contributed by atoms with E-state index in [-0.39, 0.29) is 23.5 Å². The van der Waals surface area contributed by atoms with E-state index in [1.807, 2.05) is 6.92 Å². The molecule has 180 valence electrons. The number of amides is 1. The highest BCUT2D eigenvalue weighted by Crippen LogP contribution is 2.25. The fourth-order valence-electron chi connectivity index (χ4n) is 3.92. The van der Waals surface area contributed by atoms with E-state index in [4.69, 9.17) is 4.74 Å². The molecule has 1 aliphatic heterocycles. The third-order valence-corrected chi connectivity index (χ3v) is 7.62.